The Hall–Kier alpha value is -2.79. The average molecular weight is 428 g/mol. The van der Waals surface area contributed by atoms with E-state index in [1.54, 1.807) is 25.1 Å². The van der Waals surface area contributed by atoms with Gasteiger partial charge in [-0.15, -0.1) is 0 Å². The van der Waals surface area contributed by atoms with Crippen molar-refractivity contribution in [3.05, 3.63) is 88.7 Å². The molecule has 0 bridgehead atoms. The van der Waals surface area contributed by atoms with Gasteiger partial charge < -0.3 is 9.84 Å². The fraction of sp³-hybridized carbons (Fsp3) is 0.308. The number of hydrogen-bond acceptors (Lipinski definition) is 2. The largest absolute Gasteiger partial charge is 0.491 e. The smallest absolute Gasteiger partial charge is 0.201 e. The van der Waals surface area contributed by atoms with Crippen molar-refractivity contribution in [1.82, 2.24) is 0 Å². The fourth-order valence-corrected chi connectivity index (χ4v) is 3.59. The Morgan fingerprint density at radius 3 is 2.16 bits per heavy atom. The van der Waals surface area contributed by atoms with Crippen LogP contribution in [0.1, 0.15) is 49.5 Å². The van der Waals surface area contributed by atoms with Crippen LogP contribution in [0.3, 0.4) is 0 Å². The van der Waals surface area contributed by atoms with Crippen LogP contribution in [-0.4, -0.2) is 11.7 Å². The van der Waals surface area contributed by atoms with E-state index in [1.807, 2.05) is 25.1 Å². The van der Waals surface area contributed by atoms with Crippen LogP contribution in [-0.2, 0) is 12.8 Å². The molecule has 2 nitrogen and oxygen atoms in total. The summed E-state index contributed by atoms with van der Waals surface area (Å²) in [6.07, 6.45) is 1.84. The molecule has 0 heterocycles. The Bertz CT molecular complexity index is 1020. The van der Waals surface area contributed by atoms with E-state index >= 15 is 0 Å². The van der Waals surface area contributed by atoms with Crippen molar-refractivity contribution >= 4 is 0 Å². The summed E-state index contributed by atoms with van der Waals surface area (Å²) in [4.78, 5) is 0. The summed E-state index contributed by atoms with van der Waals surface area (Å²) in [5.41, 5.74) is 2.93. The lowest BCUT2D eigenvalue weighted by atomic mass is 9.98. The summed E-state index contributed by atoms with van der Waals surface area (Å²) in [5, 5.41) is 10.0. The highest BCUT2D eigenvalue weighted by Gasteiger charge is 2.16. The van der Waals surface area contributed by atoms with Crippen LogP contribution in [0.4, 0.5) is 13.2 Å². The molecule has 5 heteroatoms. The molecule has 3 rings (SSSR count). The van der Waals surface area contributed by atoms with E-state index in [-0.39, 0.29) is 23.7 Å². The maximum Gasteiger partial charge on any atom is 0.201 e. The third kappa shape index (κ3) is 5.47. The van der Waals surface area contributed by atoms with Gasteiger partial charge in [-0.2, -0.15) is 4.39 Å². The SMILES string of the molecule is CCCC(O)c1ccc(CCc2ccc(-c3ccc(OCC)c(F)c3F)cc2)cc1F. The normalized spacial score (nSPS) is 12.1. The Morgan fingerprint density at radius 2 is 1.52 bits per heavy atom. The van der Waals surface area contributed by atoms with Gasteiger partial charge in [0.15, 0.2) is 11.6 Å². The zero-order valence-electron chi connectivity index (χ0n) is 17.8. The summed E-state index contributed by atoms with van der Waals surface area (Å²) >= 11 is 0. The number of ether oxygens (including phenoxy) is 1. The van der Waals surface area contributed by atoms with Crippen LogP contribution >= 0.6 is 0 Å². The van der Waals surface area contributed by atoms with Crippen molar-refractivity contribution in [2.45, 2.75) is 45.6 Å². The number of hydrogen-bond donors (Lipinski definition) is 1. The third-order valence-electron chi connectivity index (χ3n) is 5.30. The minimum absolute atomic E-state index is 0.0965. The molecule has 0 spiro atoms. The number of aliphatic hydroxyl groups excluding tert-OH is 1. The monoisotopic (exact) mass is 428 g/mol. The molecule has 0 fully saturated rings. The number of aliphatic hydroxyl groups is 1. The third-order valence-corrected chi connectivity index (χ3v) is 5.30. The van der Waals surface area contributed by atoms with E-state index in [0.29, 0.717) is 30.4 Å². The molecule has 0 saturated carbocycles. The lowest BCUT2D eigenvalue weighted by molar-refractivity contribution is 0.162. The van der Waals surface area contributed by atoms with Gasteiger partial charge in [-0.25, -0.2) is 8.78 Å². The second-order valence-electron chi connectivity index (χ2n) is 7.53. The summed E-state index contributed by atoms with van der Waals surface area (Å²) in [6, 6.07) is 15.1. The molecule has 1 N–H and O–H groups in total. The number of rotatable bonds is 9. The first-order valence-electron chi connectivity index (χ1n) is 10.6. The minimum Gasteiger partial charge on any atom is -0.491 e. The lowest BCUT2D eigenvalue weighted by Gasteiger charge is -2.12. The number of halogens is 3. The van der Waals surface area contributed by atoms with Crippen LogP contribution in [0.2, 0.25) is 0 Å². The molecule has 0 amide bonds. The van der Waals surface area contributed by atoms with Gasteiger partial charge in [-0.1, -0.05) is 49.7 Å². The van der Waals surface area contributed by atoms with Crippen LogP contribution in [0.5, 0.6) is 5.75 Å². The van der Waals surface area contributed by atoms with Gasteiger partial charge in [-0.3, -0.25) is 0 Å². The van der Waals surface area contributed by atoms with Gasteiger partial charge >= 0.3 is 0 Å². The van der Waals surface area contributed by atoms with Crippen LogP contribution in [0, 0.1) is 17.5 Å². The molecule has 0 radical (unpaired) electrons. The van der Waals surface area contributed by atoms with Gasteiger partial charge in [0.25, 0.3) is 0 Å². The van der Waals surface area contributed by atoms with Crippen LogP contribution < -0.4 is 4.74 Å². The molecular formula is C26H27F3O2. The highest BCUT2D eigenvalue weighted by molar-refractivity contribution is 5.65. The predicted octanol–water partition coefficient (Wildman–Crippen LogP) is 6.79. The van der Waals surface area contributed by atoms with E-state index in [4.69, 9.17) is 4.74 Å². The van der Waals surface area contributed by atoms with Gasteiger partial charge in [0, 0.05) is 11.1 Å². The van der Waals surface area contributed by atoms with E-state index in [2.05, 4.69) is 0 Å². The molecule has 3 aromatic rings. The van der Waals surface area contributed by atoms with E-state index < -0.39 is 17.7 Å². The first kappa shape index (κ1) is 22.9. The Morgan fingerprint density at radius 1 is 0.839 bits per heavy atom. The van der Waals surface area contributed by atoms with Crippen molar-refractivity contribution in [3.8, 4) is 16.9 Å². The second kappa shape index (κ2) is 10.5. The number of aryl methyl sites for hydroxylation is 2. The quantitative estimate of drug-likeness (QED) is 0.407. The first-order chi connectivity index (χ1) is 14.9. The average Bonchev–Trinajstić information content (AvgIpc) is 2.76. The zero-order valence-corrected chi connectivity index (χ0v) is 17.8. The van der Waals surface area contributed by atoms with E-state index in [1.165, 1.54) is 18.2 Å². The van der Waals surface area contributed by atoms with E-state index in [0.717, 1.165) is 17.5 Å². The molecule has 0 aliphatic heterocycles. The standard InChI is InChI=1S/C26H27F3O2/c1-3-5-23(30)21-13-10-18(16-22(21)27)7-6-17-8-11-19(12-9-17)20-14-15-24(31-4-2)26(29)25(20)28/h8-16,23,30H,3-7H2,1-2H3. The molecule has 3 aromatic carbocycles. The fourth-order valence-electron chi connectivity index (χ4n) is 3.59. The lowest BCUT2D eigenvalue weighted by Crippen LogP contribution is -2.02. The highest BCUT2D eigenvalue weighted by Crippen LogP contribution is 2.30. The molecular weight excluding hydrogens is 401 g/mol. The van der Waals surface area contributed by atoms with Crippen LogP contribution in [0.15, 0.2) is 54.6 Å². The number of benzene rings is 3. The second-order valence-corrected chi connectivity index (χ2v) is 7.53. The van der Waals surface area contributed by atoms with Crippen molar-refractivity contribution in [2.75, 3.05) is 6.61 Å². The first-order valence-corrected chi connectivity index (χ1v) is 10.6. The van der Waals surface area contributed by atoms with Gasteiger partial charge in [0.2, 0.25) is 5.82 Å². The Labute approximate surface area is 181 Å². The Balaban J connectivity index is 1.68. The molecule has 0 aromatic heterocycles. The van der Waals surface area contributed by atoms with E-state index in [9.17, 15) is 18.3 Å². The van der Waals surface area contributed by atoms with Crippen LogP contribution in [0.25, 0.3) is 11.1 Å². The van der Waals surface area contributed by atoms with Gasteiger partial charge in [0.05, 0.1) is 12.7 Å². The van der Waals surface area contributed by atoms with Gasteiger partial charge in [-0.05, 0) is 61.1 Å². The summed E-state index contributed by atoms with van der Waals surface area (Å²) in [5.74, 6) is -2.40. The maximum atomic E-state index is 14.4. The zero-order chi connectivity index (χ0) is 22.4. The Kier molecular flexibility index (Phi) is 7.75. The maximum absolute atomic E-state index is 14.4. The van der Waals surface area contributed by atoms with Crippen molar-refractivity contribution in [1.29, 1.82) is 0 Å². The molecule has 1 atom stereocenters. The van der Waals surface area contributed by atoms with Crippen molar-refractivity contribution in [3.63, 3.8) is 0 Å². The summed E-state index contributed by atoms with van der Waals surface area (Å²) in [7, 11) is 0. The molecule has 0 saturated heterocycles. The molecule has 164 valence electrons. The van der Waals surface area contributed by atoms with Crippen molar-refractivity contribution in [2.24, 2.45) is 0 Å². The molecule has 1 unspecified atom stereocenters. The topological polar surface area (TPSA) is 29.5 Å². The summed E-state index contributed by atoms with van der Waals surface area (Å²) < 4.78 is 47.9. The molecule has 31 heavy (non-hydrogen) atoms. The molecule has 0 aliphatic rings. The molecule has 0 aliphatic carbocycles. The minimum atomic E-state index is -0.988. The highest BCUT2D eigenvalue weighted by atomic mass is 19.2. The summed E-state index contributed by atoms with van der Waals surface area (Å²) in [6.45, 7) is 3.92. The predicted molar refractivity (Wildman–Crippen MR) is 117 cm³/mol. The van der Waals surface area contributed by atoms with Gasteiger partial charge in [0.1, 0.15) is 5.82 Å². The van der Waals surface area contributed by atoms with Crippen molar-refractivity contribution < 1.29 is 23.0 Å².